The third-order valence-corrected chi connectivity index (χ3v) is 6.51. The molecule has 34 heavy (non-hydrogen) atoms. The third-order valence-electron chi connectivity index (χ3n) is 6.51. The van der Waals surface area contributed by atoms with E-state index in [-0.39, 0.29) is 23.9 Å². The number of benzene rings is 3. The molecule has 3 N–H and O–H groups in total. The zero-order valence-electron chi connectivity index (χ0n) is 19.1. The van der Waals surface area contributed by atoms with Gasteiger partial charge in [0.05, 0.1) is 13.2 Å². The van der Waals surface area contributed by atoms with Crippen molar-refractivity contribution < 1.29 is 14.3 Å². The fourth-order valence-corrected chi connectivity index (χ4v) is 4.71. The van der Waals surface area contributed by atoms with E-state index >= 15 is 0 Å². The van der Waals surface area contributed by atoms with Crippen LogP contribution in [0, 0.1) is 0 Å². The second-order valence-electron chi connectivity index (χ2n) is 8.63. The Morgan fingerprint density at radius 3 is 2.65 bits per heavy atom. The average Bonchev–Trinajstić information content (AvgIpc) is 3.55. The van der Waals surface area contributed by atoms with Crippen molar-refractivity contribution in [3.8, 4) is 5.75 Å². The fraction of sp³-hybridized carbons (Fsp3) is 0.259. The van der Waals surface area contributed by atoms with Crippen LogP contribution in [0.4, 0.5) is 5.69 Å². The Morgan fingerprint density at radius 1 is 1.03 bits per heavy atom. The standard InChI is InChI=1S/C27H28N4O3/c1-34-25-10-6-5-9-21(25)22-16-23(30-29-22)26(32)28-17-18-11-12-24-20(15-18)13-14-31(24)27(33)19-7-3-2-4-8-19/h2-12,15,22-23,29-30H,13-14,16-17H2,1H3,(H,28,32). The van der Waals surface area contributed by atoms with Crippen LogP contribution in [-0.2, 0) is 17.8 Å². The first-order valence-corrected chi connectivity index (χ1v) is 11.5. The van der Waals surface area contributed by atoms with Gasteiger partial charge in [0.15, 0.2) is 0 Å². The largest absolute Gasteiger partial charge is 0.496 e. The predicted molar refractivity (Wildman–Crippen MR) is 131 cm³/mol. The lowest BCUT2D eigenvalue weighted by atomic mass is 10.0. The molecule has 0 aliphatic carbocycles. The predicted octanol–water partition coefficient (Wildman–Crippen LogP) is 3.12. The van der Waals surface area contributed by atoms with Gasteiger partial charge < -0.3 is 15.0 Å². The molecular formula is C27H28N4O3. The van der Waals surface area contributed by atoms with E-state index in [0.29, 0.717) is 25.1 Å². The Labute approximate surface area is 199 Å². The maximum absolute atomic E-state index is 12.9. The van der Waals surface area contributed by atoms with E-state index in [0.717, 1.165) is 34.5 Å². The zero-order valence-corrected chi connectivity index (χ0v) is 19.1. The summed E-state index contributed by atoms with van der Waals surface area (Å²) in [6.07, 6.45) is 1.44. The van der Waals surface area contributed by atoms with Crippen LogP contribution >= 0.6 is 0 Å². The molecular weight excluding hydrogens is 428 g/mol. The monoisotopic (exact) mass is 456 g/mol. The van der Waals surface area contributed by atoms with Crippen molar-refractivity contribution in [2.24, 2.45) is 0 Å². The number of anilines is 1. The SMILES string of the molecule is COc1ccccc1C1CC(C(=O)NCc2ccc3c(c2)CCN3C(=O)c2ccccc2)NN1. The minimum atomic E-state index is -0.330. The van der Waals surface area contributed by atoms with Crippen LogP contribution in [0.5, 0.6) is 5.75 Å². The van der Waals surface area contributed by atoms with Crippen LogP contribution in [0.3, 0.4) is 0 Å². The van der Waals surface area contributed by atoms with Gasteiger partial charge in [-0.2, -0.15) is 0 Å². The van der Waals surface area contributed by atoms with Crippen molar-refractivity contribution >= 4 is 17.5 Å². The third kappa shape index (κ3) is 4.40. The number of para-hydroxylation sites is 1. The first-order valence-electron chi connectivity index (χ1n) is 11.5. The van der Waals surface area contributed by atoms with Crippen molar-refractivity contribution in [2.45, 2.75) is 31.5 Å². The van der Waals surface area contributed by atoms with Crippen molar-refractivity contribution in [3.05, 3.63) is 95.1 Å². The van der Waals surface area contributed by atoms with Gasteiger partial charge >= 0.3 is 0 Å². The molecule has 1 fully saturated rings. The summed E-state index contributed by atoms with van der Waals surface area (Å²) in [6, 6.07) is 22.9. The van der Waals surface area contributed by atoms with E-state index in [2.05, 4.69) is 22.2 Å². The number of nitrogens with one attached hydrogen (secondary N) is 3. The summed E-state index contributed by atoms with van der Waals surface area (Å²) in [5, 5.41) is 3.04. The van der Waals surface area contributed by atoms with Crippen molar-refractivity contribution in [1.82, 2.24) is 16.2 Å². The summed E-state index contributed by atoms with van der Waals surface area (Å²) >= 11 is 0. The molecule has 7 nitrogen and oxygen atoms in total. The van der Waals surface area contributed by atoms with E-state index < -0.39 is 0 Å². The summed E-state index contributed by atoms with van der Waals surface area (Å²) in [4.78, 5) is 27.5. The second-order valence-corrected chi connectivity index (χ2v) is 8.63. The smallest absolute Gasteiger partial charge is 0.258 e. The minimum absolute atomic E-state index is 0.0000269. The van der Waals surface area contributed by atoms with Crippen LogP contribution in [0.25, 0.3) is 0 Å². The Balaban J connectivity index is 1.19. The van der Waals surface area contributed by atoms with Gasteiger partial charge in [-0.3, -0.25) is 9.59 Å². The highest BCUT2D eigenvalue weighted by molar-refractivity contribution is 6.07. The number of carbonyl (C=O) groups excluding carboxylic acids is 2. The number of carbonyl (C=O) groups is 2. The number of hydrazine groups is 1. The summed E-state index contributed by atoms with van der Waals surface area (Å²) < 4.78 is 5.45. The van der Waals surface area contributed by atoms with Gasteiger partial charge in [-0.15, -0.1) is 0 Å². The molecule has 5 rings (SSSR count). The highest BCUT2D eigenvalue weighted by Crippen LogP contribution is 2.31. The van der Waals surface area contributed by atoms with Crippen LogP contribution in [-0.4, -0.2) is 31.5 Å². The van der Waals surface area contributed by atoms with Gasteiger partial charge in [-0.1, -0.05) is 48.5 Å². The number of amides is 2. The van der Waals surface area contributed by atoms with Gasteiger partial charge in [0.2, 0.25) is 5.91 Å². The number of nitrogens with zero attached hydrogens (tertiary/aromatic N) is 1. The molecule has 2 heterocycles. The van der Waals surface area contributed by atoms with E-state index in [4.69, 9.17) is 4.74 Å². The van der Waals surface area contributed by atoms with Gasteiger partial charge in [-0.05, 0) is 48.2 Å². The topological polar surface area (TPSA) is 82.7 Å². The Morgan fingerprint density at radius 2 is 1.82 bits per heavy atom. The molecule has 2 aliphatic heterocycles. The second kappa shape index (κ2) is 9.67. The van der Waals surface area contributed by atoms with Gasteiger partial charge in [0.1, 0.15) is 11.8 Å². The van der Waals surface area contributed by atoms with Crippen molar-refractivity contribution in [1.29, 1.82) is 0 Å². The summed E-state index contributed by atoms with van der Waals surface area (Å²) in [7, 11) is 1.65. The minimum Gasteiger partial charge on any atom is -0.496 e. The van der Waals surface area contributed by atoms with Crippen molar-refractivity contribution in [3.63, 3.8) is 0 Å². The molecule has 0 aromatic heterocycles. The lowest BCUT2D eigenvalue weighted by Crippen LogP contribution is -2.42. The quantitative estimate of drug-likeness (QED) is 0.531. The number of ether oxygens (including phenoxy) is 1. The van der Waals surface area contributed by atoms with Crippen LogP contribution < -0.4 is 25.8 Å². The Kier molecular flexibility index (Phi) is 6.29. The van der Waals surface area contributed by atoms with Crippen LogP contribution in [0.1, 0.15) is 39.5 Å². The fourth-order valence-electron chi connectivity index (χ4n) is 4.71. The zero-order chi connectivity index (χ0) is 23.5. The van der Waals surface area contributed by atoms with Gasteiger partial charge in [0, 0.05) is 29.9 Å². The summed E-state index contributed by atoms with van der Waals surface area (Å²) in [6.45, 7) is 1.11. The number of hydrogen-bond acceptors (Lipinski definition) is 5. The highest BCUT2D eigenvalue weighted by Gasteiger charge is 2.31. The number of fused-ring (bicyclic) bond motifs is 1. The Hall–Kier alpha value is -3.68. The van der Waals surface area contributed by atoms with Gasteiger partial charge in [0.25, 0.3) is 5.91 Å². The molecule has 174 valence electrons. The molecule has 0 saturated carbocycles. The van der Waals surface area contributed by atoms with E-state index in [1.807, 2.05) is 71.6 Å². The van der Waals surface area contributed by atoms with E-state index in [9.17, 15) is 9.59 Å². The highest BCUT2D eigenvalue weighted by atomic mass is 16.5. The first-order chi connectivity index (χ1) is 16.6. The molecule has 3 aromatic carbocycles. The molecule has 0 radical (unpaired) electrons. The first kappa shape index (κ1) is 22.1. The van der Waals surface area contributed by atoms with Crippen molar-refractivity contribution in [2.75, 3.05) is 18.6 Å². The molecule has 1 saturated heterocycles. The average molecular weight is 457 g/mol. The summed E-state index contributed by atoms with van der Waals surface area (Å²) in [5.74, 6) is 0.775. The number of rotatable bonds is 6. The van der Waals surface area contributed by atoms with E-state index in [1.54, 1.807) is 7.11 Å². The lowest BCUT2D eigenvalue weighted by molar-refractivity contribution is -0.123. The number of methoxy groups -OCH3 is 1. The molecule has 2 aliphatic rings. The summed E-state index contributed by atoms with van der Waals surface area (Å²) in [5.41, 5.74) is 11.1. The molecule has 3 aromatic rings. The van der Waals surface area contributed by atoms with Gasteiger partial charge in [-0.25, -0.2) is 10.9 Å². The molecule has 0 bridgehead atoms. The number of hydrogen-bond donors (Lipinski definition) is 3. The van der Waals surface area contributed by atoms with E-state index in [1.165, 1.54) is 0 Å². The molecule has 2 unspecified atom stereocenters. The molecule has 2 atom stereocenters. The van der Waals surface area contributed by atoms with Crippen LogP contribution in [0.15, 0.2) is 72.8 Å². The maximum Gasteiger partial charge on any atom is 0.258 e. The maximum atomic E-state index is 12.9. The van der Waals surface area contributed by atoms with Crippen LogP contribution in [0.2, 0.25) is 0 Å². The lowest BCUT2D eigenvalue weighted by Gasteiger charge is -2.18. The normalized spacial score (nSPS) is 19.0. The molecule has 7 heteroatoms. The molecule has 0 spiro atoms. The molecule has 2 amide bonds. The Bertz CT molecular complexity index is 1200.